The van der Waals surface area contributed by atoms with Crippen LogP contribution in [0.25, 0.3) is 0 Å². The fourth-order valence-corrected chi connectivity index (χ4v) is 3.71. The fourth-order valence-electron chi connectivity index (χ4n) is 3.45. The van der Waals surface area contributed by atoms with Crippen molar-refractivity contribution in [1.82, 2.24) is 14.7 Å². The first kappa shape index (κ1) is 14.2. The molecule has 2 aromatic rings. The van der Waals surface area contributed by atoms with Crippen molar-refractivity contribution in [2.75, 3.05) is 19.8 Å². The molecule has 1 aromatic heterocycles. The normalized spacial score (nSPS) is 22.0. The molecule has 2 aliphatic rings. The molecule has 0 radical (unpaired) electrons. The van der Waals surface area contributed by atoms with Crippen molar-refractivity contribution in [3.8, 4) is 0 Å². The first-order chi connectivity index (χ1) is 10.8. The van der Waals surface area contributed by atoms with Crippen molar-refractivity contribution in [2.45, 2.75) is 32.0 Å². The molecule has 4 nitrogen and oxygen atoms in total. The number of fused-ring (bicyclic) bond motifs is 1. The fraction of sp³-hybridized carbons (Fsp3) is 0.471. The Morgan fingerprint density at radius 1 is 1.27 bits per heavy atom. The molecular formula is C17H20ClN3O. The number of benzene rings is 1. The summed E-state index contributed by atoms with van der Waals surface area (Å²) in [6, 6.07) is 11.0. The van der Waals surface area contributed by atoms with E-state index >= 15 is 0 Å². The second-order valence-corrected chi connectivity index (χ2v) is 6.48. The average molecular weight is 318 g/mol. The minimum absolute atomic E-state index is 0.363. The molecule has 0 N–H and O–H groups in total. The van der Waals surface area contributed by atoms with Crippen molar-refractivity contribution in [3.05, 3.63) is 52.3 Å². The summed E-state index contributed by atoms with van der Waals surface area (Å²) in [4.78, 5) is 2.45. The Balaban J connectivity index is 1.54. The van der Waals surface area contributed by atoms with Gasteiger partial charge < -0.3 is 4.74 Å². The Labute approximate surface area is 135 Å². The van der Waals surface area contributed by atoms with E-state index < -0.39 is 0 Å². The molecule has 22 heavy (non-hydrogen) atoms. The van der Waals surface area contributed by atoms with Gasteiger partial charge in [0, 0.05) is 43.9 Å². The van der Waals surface area contributed by atoms with Crippen LogP contribution in [0.3, 0.4) is 0 Å². The van der Waals surface area contributed by atoms with Crippen LogP contribution in [0.1, 0.15) is 29.3 Å². The highest BCUT2D eigenvalue weighted by molar-refractivity contribution is 6.30. The summed E-state index contributed by atoms with van der Waals surface area (Å²) in [5, 5.41) is 5.26. The lowest BCUT2D eigenvalue weighted by molar-refractivity contribution is 0.182. The van der Waals surface area contributed by atoms with E-state index in [2.05, 4.69) is 45.0 Å². The van der Waals surface area contributed by atoms with E-state index in [0.717, 1.165) is 45.7 Å². The Kier molecular flexibility index (Phi) is 3.90. The number of nitrogens with zero attached hydrogens (tertiary/aromatic N) is 3. The van der Waals surface area contributed by atoms with E-state index in [1.54, 1.807) is 0 Å². The molecular weight excluding hydrogens is 298 g/mol. The lowest BCUT2D eigenvalue weighted by Crippen LogP contribution is -2.31. The lowest BCUT2D eigenvalue weighted by Gasteiger charge is -2.28. The molecule has 1 unspecified atom stereocenters. The van der Waals surface area contributed by atoms with Crippen molar-refractivity contribution in [2.24, 2.45) is 0 Å². The Hall–Kier alpha value is -1.36. The summed E-state index contributed by atoms with van der Waals surface area (Å²) in [6.45, 7) is 4.50. The van der Waals surface area contributed by atoms with Gasteiger partial charge in [-0.3, -0.25) is 9.58 Å². The molecule has 0 aliphatic carbocycles. The van der Waals surface area contributed by atoms with Crippen molar-refractivity contribution < 1.29 is 4.74 Å². The predicted molar refractivity (Wildman–Crippen MR) is 86.0 cm³/mol. The average Bonchev–Trinajstić information content (AvgIpc) is 3.17. The molecule has 1 aromatic carbocycles. The van der Waals surface area contributed by atoms with E-state index in [-0.39, 0.29) is 0 Å². The van der Waals surface area contributed by atoms with Gasteiger partial charge in [0.05, 0.1) is 12.6 Å². The monoisotopic (exact) mass is 317 g/mol. The second-order valence-electron chi connectivity index (χ2n) is 6.12. The highest BCUT2D eigenvalue weighted by Gasteiger charge is 2.28. The van der Waals surface area contributed by atoms with Crippen LogP contribution in [-0.2, 0) is 24.2 Å². The maximum atomic E-state index is 6.41. The van der Waals surface area contributed by atoms with Crippen LogP contribution in [0.2, 0.25) is 5.15 Å². The standard InChI is InChI=1S/C17H20ClN3O/c18-17-15-11-20(10-13-4-2-1-3-5-13)8-6-16(15)21(19-17)14-7-9-22-12-14/h1-5,14H,6-12H2. The summed E-state index contributed by atoms with van der Waals surface area (Å²) < 4.78 is 7.63. The number of halogens is 1. The zero-order valence-corrected chi connectivity index (χ0v) is 13.3. The van der Waals surface area contributed by atoms with Gasteiger partial charge in [0.1, 0.15) is 0 Å². The molecule has 5 heteroatoms. The van der Waals surface area contributed by atoms with Crippen LogP contribution in [0.4, 0.5) is 0 Å². The van der Waals surface area contributed by atoms with Gasteiger partial charge in [-0.05, 0) is 12.0 Å². The van der Waals surface area contributed by atoms with Crippen LogP contribution in [0, 0.1) is 0 Å². The highest BCUT2D eigenvalue weighted by atomic mass is 35.5. The van der Waals surface area contributed by atoms with Gasteiger partial charge >= 0.3 is 0 Å². The number of hydrogen-bond donors (Lipinski definition) is 0. The van der Waals surface area contributed by atoms with E-state index in [1.165, 1.54) is 16.8 Å². The highest BCUT2D eigenvalue weighted by Crippen LogP contribution is 2.31. The van der Waals surface area contributed by atoms with Crippen LogP contribution in [-0.4, -0.2) is 34.4 Å². The van der Waals surface area contributed by atoms with Gasteiger partial charge in [-0.25, -0.2) is 0 Å². The molecule has 4 rings (SSSR count). The molecule has 116 valence electrons. The lowest BCUT2D eigenvalue weighted by atomic mass is 10.1. The van der Waals surface area contributed by atoms with Crippen LogP contribution < -0.4 is 0 Å². The topological polar surface area (TPSA) is 30.3 Å². The Morgan fingerprint density at radius 2 is 2.14 bits per heavy atom. The molecule has 3 heterocycles. The molecule has 2 aliphatic heterocycles. The molecule has 1 saturated heterocycles. The van der Waals surface area contributed by atoms with Gasteiger partial charge in [0.25, 0.3) is 0 Å². The molecule has 0 spiro atoms. The van der Waals surface area contributed by atoms with Gasteiger partial charge in [-0.1, -0.05) is 41.9 Å². The van der Waals surface area contributed by atoms with Gasteiger partial charge in [0.2, 0.25) is 0 Å². The summed E-state index contributed by atoms with van der Waals surface area (Å²) in [6.07, 6.45) is 2.05. The maximum absolute atomic E-state index is 6.41. The Bertz CT molecular complexity index is 649. The third kappa shape index (κ3) is 2.67. The van der Waals surface area contributed by atoms with E-state index in [0.29, 0.717) is 11.2 Å². The van der Waals surface area contributed by atoms with Gasteiger partial charge in [-0.15, -0.1) is 0 Å². The van der Waals surface area contributed by atoms with E-state index in [4.69, 9.17) is 16.3 Å². The maximum Gasteiger partial charge on any atom is 0.155 e. The SMILES string of the molecule is Clc1nn(C2CCOC2)c2c1CN(Cc1ccccc1)CC2. The van der Waals surface area contributed by atoms with Gasteiger partial charge in [-0.2, -0.15) is 5.10 Å². The second kappa shape index (κ2) is 6.03. The zero-order chi connectivity index (χ0) is 14.9. The molecule has 1 atom stereocenters. The number of aromatic nitrogens is 2. The molecule has 1 fully saturated rings. The summed E-state index contributed by atoms with van der Waals surface area (Å²) in [7, 11) is 0. The number of ether oxygens (including phenoxy) is 1. The summed E-state index contributed by atoms with van der Waals surface area (Å²) in [5.41, 5.74) is 3.86. The smallest absolute Gasteiger partial charge is 0.155 e. The molecule has 0 bridgehead atoms. The number of hydrogen-bond acceptors (Lipinski definition) is 3. The van der Waals surface area contributed by atoms with Gasteiger partial charge in [0.15, 0.2) is 5.15 Å². The summed E-state index contributed by atoms with van der Waals surface area (Å²) >= 11 is 6.41. The van der Waals surface area contributed by atoms with Crippen LogP contribution in [0.5, 0.6) is 0 Å². The van der Waals surface area contributed by atoms with Crippen molar-refractivity contribution in [1.29, 1.82) is 0 Å². The third-order valence-corrected chi connectivity index (χ3v) is 4.92. The zero-order valence-electron chi connectivity index (χ0n) is 12.5. The van der Waals surface area contributed by atoms with E-state index in [9.17, 15) is 0 Å². The predicted octanol–water partition coefficient (Wildman–Crippen LogP) is 3.06. The molecule has 0 saturated carbocycles. The largest absolute Gasteiger partial charge is 0.379 e. The number of rotatable bonds is 3. The van der Waals surface area contributed by atoms with Crippen LogP contribution >= 0.6 is 11.6 Å². The first-order valence-corrected chi connectivity index (χ1v) is 8.29. The first-order valence-electron chi connectivity index (χ1n) is 7.91. The van der Waals surface area contributed by atoms with Crippen molar-refractivity contribution in [3.63, 3.8) is 0 Å². The summed E-state index contributed by atoms with van der Waals surface area (Å²) in [5.74, 6) is 0. The minimum atomic E-state index is 0.363. The quantitative estimate of drug-likeness (QED) is 0.871. The minimum Gasteiger partial charge on any atom is -0.379 e. The van der Waals surface area contributed by atoms with Crippen LogP contribution in [0.15, 0.2) is 30.3 Å². The molecule has 0 amide bonds. The third-order valence-electron chi connectivity index (χ3n) is 4.62. The Morgan fingerprint density at radius 3 is 2.91 bits per heavy atom. The van der Waals surface area contributed by atoms with E-state index in [1.807, 2.05) is 0 Å². The van der Waals surface area contributed by atoms with Crippen molar-refractivity contribution >= 4 is 11.6 Å².